The third-order valence-corrected chi connectivity index (χ3v) is 4.89. The van der Waals surface area contributed by atoms with Gasteiger partial charge in [0, 0.05) is 5.92 Å². The summed E-state index contributed by atoms with van der Waals surface area (Å²) < 4.78 is 5.46. The van der Waals surface area contributed by atoms with E-state index in [-0.39, 0.29) is 5.92 Å². The molecule has 1 aromatic heterocycles. The second-order valence-electron chi connectivity index (χ2n) is 7.01. The summed E-state index contributed by atoms with van der Waals surface area (Å²) in [6.07, 6.45) is 7.08. The van der Waals surface area contributed by atoms with Crippen molar-refractivity contribution in [3.05, 3.63) is 11.7 Å². The predicted octanol–water partition coefficient (Wildman–Crippen LogP) is 4.26. The van der Waals surface area contributed by atoms with Gasteiger partial charge in [-0.25, -0.2) is 0 Å². The van der Waals surface area contributed by atoms with E-state index in [1.54, 1.807) is 6.92 Å². The summed E-state index contributed by atoms with van der Waals surface area (Å²) >= 11 is 0. The van der Waals surface area contributed by atoms with Crippen LogP contribution in [0, 0.1) is 11.8 Å². The fourth-order valence-corrected chi connectivity index (χ4v) is 3.71. The molecule has 0 spiro atoms. The Morgan fingerprint density at radius 1 is 1.19 bits per heavy atom. The van der Waals surface area contributed by atoms with Crippen LogP contribution >= 0.6 is 0 Å². The highest BCUT2D eigenvalue weighted by Crippen LogP contribution is 2.37. The van der Waals surface area contributed by atoms with Crippen molar-refractivity contribution in [3.63, 3.8) is 0 Å². The highest BCUT2D eigenvalue weighted by molar-refractivity contribution is 5.02. The molecule has 21 heavy (non-hydrogen) atoms. The maximum Gasteiger partial charge on any atom is 0.232 e. The van der Waals surface area contributed by atoms with Crippen molar-refractivity contribution in [2.24, 2.45) is 11.8 Å². The van der Waals surface area contributed by atoms with Crippen LogP contribution in [0.4, 0.5) is 0 Å². The number of aliphatic hydroxyl groups is 1. The summed E-state index contributed by atoms with van der Waals surface area (Å²) in [6, 6.07) is 0. The van der Waals surface area contributed by atoms with Crippen molar-refractivity contribution in [1.29, 1.82) is 0 Å². The minimum atomic E-state index is -0.460. The van der Waals surface area contributed by atoms with Gasteiger partial charge in [0.25, 0.3) is 0 Å². The van der Waals surface area contributed by atoms with Gasteiger partial charge in [0.1, 0.15) is 0 Å². The third kappa shape index (κ3) is 4.06. The Balaban J connectivity index is 2.00. The molecular formula is C17H30N2O2. The summed E-state index contributed by atoms with van der Waals surface area (Å²) in [7, 11) is 0. The van der Waals surface area contributed by atoms with E-state index in [4.69, 9.17) is 4.52 Å². The van der Waals surface area contributed by atoms with Gasteiger partial charge >= 0.3 is 0 Å². The lowest BCUT2D eigenvalue weighted by atomic mass is 9.80. The Bertz CT molecular complexity index is 412. The largest absolute Gasteiger partial charge is 0.393 e. The summed E-state index contributed by atoms with van der Waals surface area (Å²) in [4.78, 5) is 4.61. The van der Waals surface area contributed by atoms with E-state index in [9.17, 15) is 5.11 Å². The molecular weight excluding hydrogens is 264 g/mol. The molecule has 1 fully saturated rings. The van der Waals surface area contributed by atoms with E-state index in [2.05, 4.69) is 30.9 Å². The predicted molar refractivity (Wildman–Crippen MR) is 83.2 cm³/mol. The molecule has 2 rings (SSSR count). The van der Waals surface area contributed by atoms with Crippen LogP contribution in [0.2, 0.25) is 0 Å². The number of aromatic nitrogens is 2. The van der Waals surface area contributed by atoms with Gasteiger partial charge in [0.2, 0.25) is 5.89 Å². The van der Waals surface area contributed by atoms with Gasteiger partial charge in [-0.2, -0.15) is 4.98 Å². The minimum Gasteiger partial charge on any atom is -0.393 e. The third-order valence-electron chi connectivity index (χ3n) is 4.89. The minimum absolute atomic E-state index is 0.0670. The topological polar surface area (TPSA) is 59.2 Å². The normalized spacial score (nSPS) is 26.0. The number of hydrogen-bond donors (Lipinski definition) is 1. The van der Waals surface area contributed by atoms with E-state index >= 15 is 0 Å². The molecule has 0 aliphatic heterocycles. The smallest absolute Gasteiger partial charge is 0.232 e. The number of nitrogens with zero attached hydrogens (tertiary/aromatic N) is 2. The van der Waals surface area contributed by atoms with Gasteiger partial charge in [-0.05, 0) is 44.4 Å². The fraction of sp³-hybridized carbons (Fsp3) is 0.882. The standard InChI is InChI=1S/C17H30N2O2/c1-5-6-13-7-9-14(10-8-13)16-18-17(21-19-16)15(11(2)3)12(4)20/h11-15,20H,5-10H2,1-4H3. The molecule has 1 N–H and O–H groups in total. The molecule has 0 saturated heterocycles. The van der Waals surface area contributed by atoms with Crippen LogP contribution in [0.5, 0.6) is 0 Å². The van der Waals surface area contributed by atoms with Crippen LogP contribution in [0.15, 0.2) is 4.52 Å². The van der Waals surface area contributed by atoms with E-state index in [0.29, 0.717) is 17.7 Å². The van der Waals surface area contributed by atoms with Crippen molar-refractivity contribution in [1.82, 2.24) is 10.1 Å². The molecule has 0 aromatic carbocycles. The van der Waals surface area contributed by atoms with Crippen LogP contribution in [0.25, 0.3) is 0 Å². The first-order valence-electron chi connectivity index (χ1n) is 8.54. The molecule has 1 aliphatic rings. The molecule has 120 valence electrons. The molecule has 0 radical (unpaired) electrons. The lowest BCUT2D eigenvalue weighted by Crippen LogP contribution is -2.20. The number of hydrogen-bond acceptors (Lipinski definition) is 4. The Kier molecular flexibility index (Phi) is 5.80. The van der Waals surface area contributed by atoms with Gasteiger partial charge < -0.3 is 9.63 Å². The molecule has 4 heteroatoms. The zero-order valence-corrected chi connectivity index (χ0v) is 13.9. The molecule has 1 aliphatic carbocycles. The van der Waals surface area contributed by atoms with Crippen LogP contribution in [0.3, 0.4) is 0 Å². The molecule has 0 amide bonds. The van der Waals surface area contributed by atoms with Crippen molar-refractivity contribution >= 4 is 0 Å². The fourth-order valence-electron chi connectivity index (χ4n) is 3.71. The van der Waals surface area contributed by atoms with Gasteiger partial charge in [-0.3, -0.25) is 0 Å². The van der Waals surface area contributed by atoms with Crippen LogP contribution in [-0.2, 0) is 0 Å². The summed E-state index contributed by atoms with van der Waals surface area (Å²) in [5, 5.41) is 14.1. The molecule has 2 unspecified atom stereocenters. The average Bonchev–Trinajstić information content (AvgIpc) is 2.88. The lowest BCUT2D eigenvalue weighted by molar-refractivity contribution is 0.120. The van der Waals surface area contributed by atoms with Gasteiger partial charge in [-0.15, -0.1) is 0 Å². The molecule has 2 atom stereocenters. The number of rotatable bonds is 6. The molecule has 1 aromatic rings. The summed E-state index contributed by atoms with van der Waals surface area (Å²) in [5.41, 5.74) is 0. The van der Waals surface area contributed by atoms with Crippen molar-refractivity contribution in [2.45, 2.75) is 84.2 Å². The molecule has 1 heterocycles. The van der Waals surface area contributed by atoms with Gasteiger partial charge in [0.05, 0.1) is 12.0 Å². The van der Waals surface area contributed by atoms with Crippen LogP contribution < -0.4 is 0 Å². The number of aliphatic hydroxyl groups excluding tert-OH is 1. The van der Waals surface area contributed by atoms with E-state index in [1.165, 1.54) is 38.5 Å². The SMILES string of the molecule is CCCC1CCC(c2noc(C(C(C)C)C(C)O)n2)CC1. The maximum atomic E-state index is 9.92. The monoisotopic (exact) mass is 294 g/mol. The highest BCUT2D eigenvalue weighted by atomic mass is 16.5. The van der Waals surface area contributed by atoms with Crippen molar-refractivity contribution < 1.29 is 9.63 Å². The second-order valence-corrected chi connectivity index (χ2v) is 7.01. The summed E-state index contributed by atoms with van der Waals surface area (Å²) in [6.45, 7) is 8.22. The lowest BCUT2D eigenvalue weighted by Gasteiger charge is -2.26. The Morgan fingerprint density at radius 2 is 1.86 bits per heavy atom. The Morgan fingerprint density at radius 3 is 2.38 bits per heavy atom. The average molecular weight is 294 g/mol. The zero-order chi connectivity index (χ0) is 15.4. The molecule has 1 saturated carbocycles. The molecule has 4 nitrogen and oxygen atoms in total. The van der Waals surface area contributed by atoms with Gasteiger partial charge in [-0.1, -0.05) is 38.8 Å². The zero-order valence-electron chi connectivity index (χ0n) is 13.9. The molecule has 0 bridgehead atoms. The Labute approximate surface area is 128 Å². The van der Waals surface area contributed by atoms with E-state index in [0.717, 1.165) is 11.7 Å². The summed E-state index contributed by atoms with van der Waals surface area (Å²) in [5.74, 6) is 3.01. The first kappa shape index (κ1) is 16.5. The van der Waals surface area contributed by atoms with Crippen LogP contribution in [0.1, 0.15) is 89.8 Å². The van der Waals surface area contributed by atoms with Crippen molar-refractivity contribution in [3.8, 4) is 0 Å². The quantitative estimate of drug-likeness (QED) is 0.851. The first-order valence-corrected chi connectivity index (χ1v) is 8.54. The maximum absolute atomic E-state index is 9.92. The van der Waals surface area contributed by atoms with Crippen molar-refractivity contribution in [2.75, 3.05) is 0 Å². The van der Waals surface area contributed by atoms with Gasteiger partial charge in [0.15, 0.2) is 5.82 Å². The first-order chi connectivity index (χ1) is 10.0. The Hall–Kier alpha value is -0.900. The van der Waals surface area contributed by atoms with E-state index in [1.807, 2.05) is 0 Å². The van der Waals surface area contributed by atoms with Crippen LogP contribution in [-0.4, -0.2) is 21.4 Å². The second kappa shape index (κ2) is 7.39. The highest BCUT2D eigenvalue weighted by Gasteiger charge is 2.30. The van der Waals surface area contributed by atoms with E-state index < -0.39 is 6.10 Å².